The van der Waals surface area contributed by atoms with Gasteiger partial charge in [0.2, 0.25) is 0 Å². The van der Waals surface area contributed by atoms with E-state index < -0.39 is 0 Å². The Morgan fingerprint density at radius 1 is 0.892 bits per heavy atom. The monoisotopic (exact) mass is 529 g/mol. The van der Waals surface area contributed by atoms with Gasteiger partial charge < -0.3 is 19.0 Å². The number of rotatable bonds is 6. The first-order chi connectivity index (χ1) is 17.2. The molecule has 3 heterocycles. The number of hydrogen-bond donors (Lipinski definition) is 0. The quantitative estimate of drug-likeness (QED) is 0.404. The van der Waals surface area contributed by atoms with Gasteiger partial charge in [-0.25, -0.2) is 0 Å². The van der Waals surface area contributed by atoms with Crippen LogP contribution < -0.4 is 9.80 Å². The second kappa shape index (κ2) is 11.6. The molecule has 0 N–H and O–H groups in total. The van der Waals surface area contributed by atoms with Crippen molar-refractivity contribution in [3.05, 3.63) is 47.9 Å². The summed E-state index contributed by atoms with van der Waals surface area (Å²) in [4.78, 5) is 7.81. The summed E-state index contributed by atoms with van der Waals surface area (Å²) in [5.41, 5.74) is 6.50. The van der Waals surface area contributed by atoms with Crippen LogP contribution >= 0.6 is 12.4 Å². The number of halogens is 1. The van der Waals surface area contributed by atoms with E-state index in [2.05, 4.69) is 66.7 Å². The molecule has 37 heavy (non-hydrogen) atoms. The van der Waals surface area contributed by atoms with E-state index in [4.69, 9.17) is 9.15 Å². The first-order valence-corrected chi connectivity index (χ1v) is 14.1. The lowest BCUT2D eigenvalue weighted by molar-refractivity contribution is 0.0819. The van der Waals surface area contributed by atoms with Crippen LogP contribution in [0.1, 0.15) is 76.8 Å². The minimum absolute atomic E-state index is 0. The van der Waals surface area contributed by atoms with Crippen LogP contribution in [-0.2, 0) is 11.3 Å². The van der Waals surface area contributed by atoms with E-state index in [0.29, 0.717) is 22.9 Å². The number of furan rings is 1. The number of piperazine rings is 1. The van der Waals surface area contributed by atoms with Crippen molar-refractivity contribution in [1.82, 2.24) is 4.90 Å². The molecule has 6 heteroatoms. The molecule has 5 nitrogen and oxygen atoms in total. The second-order valence-corrected chi connectivity index (χ2v) is 13.2. The number of anilines is 2. The molecule has 0 atom stereocenters. The van der Waals surface area contributed by atoms with Crippen molar-refractivity contribution < 1.29 is 9.15 Å². The van der Waals surface area contributed by atoms with Gasteiger partial charge in [-0.2, -0.15) is 0 Å². The van der Waals surface area contributed by atoms with E-state index in [-0.39, 0.29) is 12.4 Å². The molecule has 0 radical (unpaired) electrons. The fraction of sp³-hybridized carbons (Fsp3) is 0.677. The molecule has 3 aliphatic rings. The largest absolute Gasteiger partial charge is 0.472 e. The van der Waals surface area contributed by atoms with Crippen LogP contribution in [0.2, 0.25) is 0 Å². The summed E-state index contributed by atoms with van der Waals surface area (Å²) in [6, 6.07) is 9.50. The molecule has 1 aliphatic carbocycles. The van der Waals surface area contributed by atoms with Crippen molar-refractivity contribution >= 4 is 23.8 Å². The minimum Gasteiger partial charge on any atom is -0.472 e. The van der Waals surface area contributed by atoms with E-state index in [9.17, 15) is 0 Å². The Labute approximate surface area is 230 Å². The number of nitrogens with zero attached hydrogens (tertiary/aromatic N) is 3. The van der Waals surface area contributed by atoms with E-state index in [1.807, 2.05) is 13.4 Å². The SMILES string of the molecule is COC1CCN(c2ccc(N3CCN(Cc4ccoc4)CC3)c(C3CC(C)(C)CC(C)(C)C3)c2)CC1.Cl. The first kappa shape index (κ1) is 28.3. The Morgan fingerprint density at radius 3 is 2.16 bits per heavy atom. The van der Waals surface area contributed by atoms with Crippen LogP contribution in [0.5, 0.6) is 0 Å². The van der Waals surface area contributed by atoms with Crippen molar-refractivity contribution in [3.63, 3.8) is 0 Å². The Balaban J connectivity index is 0.00000320. The van der Waals surface area contributed by atoms with Gasteiger partial charge in [-0.05, 0) is 78.7 Å². The van der Waals surface area contributed by atoms with Crippen molar-refractivity contribution in [2.75, 3.05) is 56.2 Å². The summed E-state index contributed by atoms with van der Waals surface area (Å²) in [6.45, 7) is 17.4. The standard InChI is InChI=1S/C31H47N3O2.ClH/c1-30(2)19-25(20-31(3,4)23-30)28-18-26(33-11-8-27(35-5)9-12-33)6-7-29(28)34-15-13-32(14-16-34)21-24-10-17-36-22-24;/h6-7,10,17-18,22,25,27H,8-9,11-16,19-21,23H2,1-5H3;1H. The molecule has 3 fully saturated rings. The smallest absolute Gasteiger partial charge is 0.0947 e. The van der Waals surface area contributed by atoms with Gasteiger partial charge in [0, 0.05) is 69.9 Å². The van der Waals surface area contributed by atoms with Gasteiger partial charge in [-0.3, -0.25) is 4.90 Å². The summed E-state index contributed by atoms with van der Waals surface area (Å²) in [5, 5.41) is 0. The molecule has 206 valence electrons. The summed E-state index contributed by atoms with van der Waals surface area (Å²) in [6.07, 6.45) is 10.2. The normalized spacial score (nSPS) is 23.2. The Bertz CT molecular complexity index is 974. The van der Waals surface area contributed by atoms with Gasteiger partial charge in [-0.1, -0.05) is 27.7 Å². The van der Waals surface area contributed by atoms with E-state index in [0.717, 1.165) is 58.7 Å². The summed E-state index contributed by atoms with van der Waals surface area (Å²) >= 11 is 0. The minimum atomic E-state index is 0. The fourth-order valence-electron chi connectivity index (χ4n) is 7.56. The van der Waals surface area contributed by atoms with Crippen LogP contribution in [0.15, 0.2) is 41.2 Å². The van der Waals surface area contributed by atoms with Crippen molar-refractivity contribution in [2.45, 2.75) is 78.4 Å². The topological polar surface area (TPSA) is 32.1 Å². The van der Waals surface area contributed by atoms with Crippen molar-refractivity contribution in [3.8, 4) is 0 Å². The molecule has 2 aliphatic heterocycles. The molecule has 5 rings (SSSR count). The molecule has 2 saturated heterocycles. The first-order valence-electron chi connectivity index (χ1n) is 14.1. The number of hydrogen-bond acceptors (Lipinski definition) is 5. The zero-order chi connectivity index (χ0) is 25.3. The molecule has 1 aromatic carbocycles. The molecule has 0 amide bonds. The highest BCUT2D eigenvalue weighted by Crippen LogP contribution is 2.53. The lowest BCUT2D eigenvalue weighted by atomic mass is 9.60. The lowest BCUT2D eigenvalue weighted by Gasteiger charge is -2.46. The van der Waals surface area contributed by atoms with Gasteiger partial charge in [-0.15, -0.1) is 12.4 Å². The molecule has 2 aromatic rings. The van der Waals surface area contributed by atoms with Crippen LogP contribution in [0, 0.1) is 10.8 Å². The maximum atomic E-state index is 5.64. The second-order valence-electron chi connectivity index (χ2n) is 13.2. The molecular formula is C31H48ClN3O2. The molecule has 0 spiro atoms. The van der Waals surface area contributed by atoms with Gasteiger partial charge in [0.1, 0.15) is 0 Å². The average molecular weight is 530 g/mol. The van der Waals surface area contributed by atoms with E-state index >= 15 is 0 Å². The molecule has 1 aromatic heterocycles. The maximum absolute atomic E-state index is 5.64. The van der Waals surface area contributed by atoms with Gasteiger partial charge >= 0.3 is 0 Å². The van der Waals surface area contributed by atoms with Gasteiger partial charge in [0.05, 0.1) is 18.6 Å². The summed E-state index contributed by atoms with van der Waals surface area (Å²) in [5.74, 6) is 0.610. The fourth-order valence-corrected chi connectivity index (χ4v) is 7.56. The predicted molar refractivity (Wildman–Crippen MR) is 156 cm³/mol. The van der Waals surface area contributed by atoms with Crippen LogP contribution in [0.3, 0.4) is 0 Å². The predicted octanol–water partition coefficient (Wildman–Crippen LogP) is 6.96. The van der Waals surface area contributed by atoms with Crippen LogP contribution in [0.4, 0.5) is 11.4 Å². The number of ether oxygens (including phenoxy) is 1. The Hall–Kier alpha value is -1.69. The molecule has 1 saturated carbocycles. The highest BCUT2D eigenvalue weighted by atomic mass is 35.5. The third-order valence-electron chi connectivity index (χ3n) is 8.85. The third kappa shape index (κ3) is 6.85. The average Bonchev–Trinajstić information content (AvgIpc) is 3.35. The zero-order valence-electron chi connectivity index (χ0n) is 23.7. The number of methoxy groups -OCH3 is 1. The van der Waals surface area contributed by atoms with Crippen molar-refractivity contribution in [2.24, 2.45) is 10.8 Å². The van der Waals surface area contributed by atoms with Gasteiger partial charge in [0.25, 0.3) is 0 Å². The number of benzene rings is 1. The summed E-state index contributed by atoms with van der Waals surface area (Å²) in [7, 11) is 1.86. The Morgan fingerprint density at radius 2 is 1.57 bits per heavy atom. The molecule has 0 bridgehead atoms. The highest BCUT2D eigenvalue weighted by Gasteiger charge is 2.40. The van der Waals surface area contributed by atoms with E-state index in [1.165, 1.54) is 36.2 Å². The summed E-state index contributed by atoms with van der Waals surface area (Å²) < 4.78 is 10.9. The molecule has 0 unspecified atom stereocenters. The molecular weight excluding hydrogens is 482 g/mol. The highest BCUT2D eigenvalue weighted by molar-refractivity contribution is 5.85. The third-order valence-corrected chi connectivity index (χ3v) is 8.85. The van der Waals surface area contributed by atoms with Crippen LogP contribution in [-0.4, -0.2) is 57.4 Å². The number of piperidine rings is 1. The van der Waals surface area contributed by atoms with Gasteiger partial charge in [0.15, 0.2) is 0 Å². The van der Waals surface area contributed by atoms with Crippen LogP contribution in [0.25, 0.3) is 0 Å². The van der Waals surface area contributed by atoms with E-state index in [1.54, 1.807) is 11.8 Å². The lowest BCUT2D eigenvalue weighted by Crippen LogP contribution is -2.46. The van der Waals surface area contributed by atoms with Crippen molar-refractivity contribution in [1.29, 1.82) is 0 Å². The zero-order valence-corrected chi connectivity index (χ0v) is 24.5. The Kier molecular flexibility index (Phi) is 8.87. The maximum Gasteiger partial charge on any atom is 0.0947 e.